The van der Waals surface area contributed by atoms with E-state index in [1.165, 1.54) is 25.9 Å². The number of anilines is 1. The molecular weight excluding hydrogens is 462 g/mol. The summed E-state index contributed by atoms with van der Waals surface area (Å²) in [5.74, 6) is 0.665. The van der Waals surface area contributed by atoms with Gasteiger partial charge in [0.15, 0.2) is 11.5 Å². The Morgan fingerprint density at radius 1 is 0.861 bits per heavy atom. The average molecular weight is 490 g/mol. The van der Waals surface area contributed by atoms with Gasteiger partial charge in [0.1, 0.15) is 6.54 Å². The zero-order chi connectivity index (χ0) is 26.0. The number of hydrogen-bond donors (Lipinski definition) is 1. The van der Waals surface area contributed by atoms with E-state index in [4.69, 9.17) is 14.2 Å². The zero-order valence-corrected chi connectivity index (χ0v) is 20.7. The average Bonchev–Trinajstić information content (AvgIpc) is 2.88. The molecule has 0 saturated carbocycles. The summed E-state index contributed by atoms with van der Waals surface area (Å²) in [4.78, 5) is 39.9. The quantitative estimate of drug-likeness (QED) is 0.427. The molecule has 0 atom stereocenters. The van der Waals surface area contributed by atoms with Gasteiger partial charge in [0.25, 0.3) is 5.56 Å². The molecule has 186 valence electrons. The molecule has 0 bridgehead atoms. The fraction of sp³-hybridized carbons (Fsp3) is 0.222. The number of benzene rings is 3. The van der Waals surface area contributed by atoms with Gasteiger partial charge in [0.2, 0.25) is 11.7 Å². The van der Waals surface area contributed by atoms with Gasteiger partial charge in [0.05, 0.1) is 37.9 Å². The highest BCUT2D eigenvalue weighted by atomic mass is 16.5. The largest absolute Gasteiger partial charge is 0.493 e. The molecule has 0 aliphatic heterocycles. The van der Waals surface area contributed by atoms with Gasteiger partial charge in [-0.05, 0) is 49.2 Å². The van der Waals surface area contributed by atoms with E-state index in [-0.39, 0.29) is 6.54 Å². The summed E-state index contributed by atoms with van der Waals surface area (Å²) in [6, 6.07) is 15.3. The van der Waals surface area contributed by atoms with Crippen molar-refractivity contribution in [2.75, 3.05) is 26.6 Å². The van der Waals surface area contributed by atoms with Crippen LogP contribution in [0.1, 0.15) is 11.1 Å². The molecule has 0 aliphatic rings. The highest BCUT2D eigenvalue weighted by Crippen LogP contribution is 2.39. The number of methoxy groups -OCH3 is 3. The number of ether oxygens (including phenoxy) is 3. The van der Waals surface area contributed by atoms with Gasteiger partial charge < -0.3 is 19.5 Å². The molecule has 9 nitrogen and oxygen atoms in total. The fourth-order valence-electron chi connectivity index (χ4n) is 4.06. The van der Waals surface area contributed by atoms with Crippen molar-refractivity contribution in [3.05, 3.63) is 86.6 Å². The molecule has 36 heavy (non-hydrogen) atoms. The third-order valence-electron chi connectivity index (χ3n) is 6.05. The molecule has 4 aromatic rings. The molecule has 0 spiro atoms. The van der Waals surface area contributed by atoms with Crippen LogP contribution in [0.2, 0.25) is 0 Å². The van der Waals surface area contributed by atoms with Crippen molar-refractivity contribution in [1.82, 2.24) is 9.13 Å². The van der Waals surface area contributed by atoms with E-state index < -0.39 is 17.2 Å². The van der Waals surface area contributed by atoms with Crippen LogP contribution in [-0.4, -0.2) is 36.4 Å². The number of fused-ring (bicyclic) bond motifs is 1. The van der Waals surface area contributed by atoms with Crippen LogP contribution in [-0.2, 0) is 11.3 Å². The van der Waals surface area contributed by atoms with E-state index in [9.17, 15) is 14.4 Å². The molecule has 3 aromatic carbocycles. The van der Waals surface area contributed by atoms with Gasteiger partial charge in [0, 0.05) is 17.8 Å². The third-order valence-corrected chi connectivity index (χ3v) is 6.05. The van der Waals surface area contributed by atoms with Crippen molar-refractivity contribution >= 4 is 22.5 Å². The van der Waals surface area contributed by atoms with Crippen molar-refractivity contribution in [1.29, 1.82) is 0 Å². The SMILES string of the molecule is COc1cc(NC(=O)Cn2c(=O)n(-c3ccc(C)c(C)c3)c(=O)c3ccccc32)cc(OC)c1OC. The molecule has 1 aromatic heterocycles. The fourth-order valence-corrected chi connectivity index (χ4v) is 4.06. The molecule has 0 aliphatic carbocycles. The predicted octanol–water partition coefficient (Wildman–Crippen LogP) is 3.43. The van der Waals surface area contributed by atoms with Crippen LogP contribution in [0.5, 0.6) is 17.2 Å². The van der Waals surface area contributed by atoms with Gasteiger partial charge in [-0.1, -0.05) is 18.2 Å². The second-order valence-corrected chi connectivity index (χ2v) is 8.26. The van der Waals surface area contributed by atoms with Crippen molar-refractivity contribution in [3.63, 3.8) is 0 Å². The van der Waals surface area contributed by atoms with Gasteiger partial charge in [-0.3, -0.25) is 14.2 Å². The number of carbonyl (C=O) groups is 1. The second-order valence-electron chi connectivity index (χ2n) is 8.26. The molecule has 0 unspecified atom stereocenters. The molecular formula is C27H27N3O6. The minimum Gasteiger partial charge on any atom is -0.493 e. The van der Waals surface area contributed by atoms with Crippen LogP contribution in [0.3, 0.4) is 0 Å². The first kappa shape index (κ1) is 24.6. The van der Waals surface area contributed by atoms with Gasteiger partial charge >= 0.3 is 5.69 Å². The highest BCUT2D eigenvalue weighted by molar-refractivity contribution is 5.92. The Hall–Kier alpha value is -4.53. The summed E-state index contributed by atoms with van der Waals surface area (Å²) in [7, 11) is 4.44. The number of aromatic nitrogens is 2. The normalized spacial score (nSPS) is 10.8. The van der Waals surface area contributed by atoms with Crippen molar-refractivity contribution < 1.29 is 19.0 Å². The van der Waals surface area contributed by atoms with Gasteiger partial charge in [-0.25, -0.2) is 9.36 Å². The first-order valence-electron chi connectivity index (χ1n) is 11.2. The van der Waals surface area contributed by atoms with Crippen molar-refractivity contribution in [2.24, 2.45) is 0 Å². The lowest BCUT2D eigenvalue weighted by Crippen LogP contribution is -2.40. The number of carbonyl (C=O) groups excluding carboxylic acids is 1. The van der Waals surface area contributed by atoms with Gasteiger partial charge in [-0.15, -0.1) is 0 Å². The third kappa shape index (κ3) is 4.43. The predicted molar refractivity (Wildman–Crippen MR) is 138 cm³/mol. The van der Waals surface area contributed by atoms with Crippen LogP contribution in [0.25, 0.3) is 16.6 Å². The van der Waals surface area contributed by atoms with E-state index in [2.05, 4.69) is 5.32 Å². The van der Waals surface area contributed by atoms with E-state index in [0.29, 0.717) is 39.5 Å². The summed E-state index contributed by atoms with van der Waals surface area (Å²) >= 11 is 0. The number of rotatable bonds is 7. The summed E-state index contributed by atoms with van der Waals surface area (Å²) in [6.07, 6.45) is 0. The zero-order valence-electron chi connectivity index (χ0n) is 20.7. The molecule has 1 N–H and O–H groups in total. The first-order valence-corrected chi connectivity index (χ1v) is 11.2. The van der Waals surface area contributed by atoms with Crippen LogP contribution in [0.4, 0.5) is 5.69 Å². The lowest BCUT2D eigenvalue weighted by Gasteiger charge is -2.16. The number of aryl methyl sites for hydroxylation is 2. The summed E-state index contributed by atoms with van der Waals surface area (Å²) in [5.41, 5.74) is 2.14. The molecule has 9 heteroatoms. The minimum atomic E-state index is -0.609. The highest BCUT2D eigenvalue weighted by Gasteiger charge is 2.18. The van der Waals surface area contributed by atoms with E-state index in [1.54, 1.807) is 48.5 Å². The Morgan fingerprint density at radius 3 is 2.14 bits per heavy atom. The number of nitrogens with zero attached hydrogens (tertiary/aromatic N) is 2. The Kier molecular flexibility index (Phi) is 6.82. The summed E-state index contributed by atoms with van der Waals surface area (Å²) in [5, 5.41) is 3.10. The maximum Gasteiger partial charge on any atom is 0.336 e. The molecule has 0 radical (unpaired) electrons. The van der Waals surface area contributed by atoms with Gasteiger partial charge in [-0.2, -0.15) is 0 Å². The Morgan fingerprint density at radius 2 is 1.53 bits per heavy atom. The Balaban J connectivity index is 1.79. The topological polar surface area (TPSA) is 101 Å². The molecule has 1 amide bonds. The smallest absolute Gasteiger partial charge is 0.336 e. The van der Waals surface area contributed by atoms with E-state index in [0.717, 1.165) is 15.7 Å². The Bertz CT molecular complexity index is 1560. The molecule has 1 heterocycles. The number of para-hydroxylation sites is 1. The lowest BCUT2D eigenvalue weighted by molar-refractivity contribution is -0.116. The monoisotopic (exact) mass is 489 g/mol. The van der Waals surface area contributed by atoms with E-state index >= 15 is 0 Å². The lowest BCUT2D eigenvalue weighted by atomic mass is 10.1. The van der Waals surface area contributed by atoms with Crippen LogP contribution >= 0.6 is 0 Å². The molecule has 0 fully saturated rings. The van der Waals surface area contributed by atoms with E-state index in [1.807, 2.05) is 19.9 Å². The van der Waals surface area contributed by atoms with Crippen LogP contribution < -0.4 is 30.8 Å². The molecule has 0 saturated heterocycles. The molecule has 4 rings (SSSR count). The maximum atomic E-state index is 13.6. The minimum absolute atomic E-state index is 0.318. The first-order chi connectivity index (χ1) is 17.3. The second kappa shape index (κ2) is 9.99. The number of nitrogens with one attached hydrogen (secondary N) is 1. The number of amides is 1. The number of hydrogen-bond acceptors (Lipinski definition) is 6. The van der Waals surface area contributed by atoms with Crippen LogP contribution in [0.15, 0.2) is 64.2 Å². The summed E-state index contributed by atoms with van der Waals surface area (Å²) < 4.78 is 18.4. The van der Waals surface area contributed by atoms with Crippen molar-refractivity contribution in [3.8, 4) is 22.9 Å². The standard InChI is InChI=1S/C27H27N3O6/c1-16-10-11-19(12-17(16)2)30-26(32)20-8-6-7-9-21(20)29(27(30)33)15-24(31)28-18-13-22(34-3)25(36-5)23(14-18)35-4/h6-14H,15H2,1-5H3,(H,28,31). The van der Waals surface area contributed by atoms with Crippen molar-refractivity contribution in [2.45, 2.75) is 20.4 Å². The Labute approximate surface area is 207 Å². The maximum absolute atomic E-state index is 13.6. The van der Waals surface area contributed by atoms with Crippen LogP contribution in [0, 0.1) is 13.8 Å². The summed E-state index contributed by atoms with van der Waals surface area (Å²) in [6.45, 7) is 3.55.